The average molecular weight is 537 g/mol. The Morgan fingerprint density at radius 3 is 2.24 bits per heavy atom. The van der Waals surface area contributed by atoms with Gasteiger partial charge in [-0.05, 0) is 60.2 Å². The molecule has 1 saturated heterocycles. The third kappa shape index (κ3) is 8.20. The van der Waals surface area contributed by atoms with Gasteiger partial charge in [-0.15, -0.1) is 0 Å². The molecule has 0 saturated carbocycles. The highest BCUT2D eigenvalue weighted by atomic mass is 35.5. The van der Waals surface area contributed by atoms with Crippen molar-refractivity contribution in [3.05, 3.63) is 101 Å². The number of hydrogen-bond donors (Lipinski definition) is 2. The van der Waals surface area contributed by atoms with Crippen molar-refractivity contribution in [2.24, 2.45) is 5.73 Å². The SMILES string of the molecule is NC(=O)N(O)CCCCc1ccc(OCCN2CCN(C(c3ccccc3)c3ccc(Cl)cc3)CC2)cc1. The third-order valence-corrected chi connectivity index (χ3v) is 7.26. The molecule has 2 amide bonds. The number of halogens is 1. The van der Waals surface area contributed by atoms with Crippen LogP contribution in [0.3, 0.4) is 0 Å². The van der Waals surface area contributed by atoms with Gasteiger partial charge in [-0.3, -0.25) is 15.0 Å². The summed E-state index contributed by atoms with van der Waals surface area (Å²) < 4.78 is 6.01. The lowest BCUT2D eigenvalue weighted by Gasteiger charge is -2.39. The molecule has 3 N–H and O–H groups in total. The van der Waals surface area contributed by atoms with E-state index >= 15 is 0 Å². The second-order valence-corrected chi connectivity index (χ2v) is 10.1. The summed E-state index contributed by atoms with van der Waals surface area (Å²) in [6.45, 7) is 5.77. The minimum absolute atomic E-state index is 0.219. The Morgan fingerprint density at radius 1 is 0.921 bits per heavy atom. The summed E-state index contributed by atoms with van der Waals surface area (Å²) in [4.78, 5) is 15.8. The summed E-state index contributed by atoms with van der Waals surface area (Å²) in [5.74, 6) is 0.870. The van der Waals surface area contributed by atoms with Crippen molar-refractivity contribution in [2.45, 2.75) is 25.3 Å². The highest BCUT2D eigenvalue weighted by Gasteiger charge is 2.26. The van der Waals surface area contributed by atoms with Crippen molar-refractivity contribution in [3.8, 4) is 5.75 Å². The second kappa shape index (κ2) is 14.2. The molecule has 0 bridgehead atoms. The van der Waals surface area contributed by atoms with Crippen LogP contribution >= 0.6 is 11.6 Å². The molecule has 0 aromatic heterocycles. The Hall–Kier alpha value is -3.10. The minimum Gasteiger partial charge on any atom is -0.492 e. The number of rotatable bonds is 12. The first-order valence-corrected chi connectivity index (χ1v) is 13.6. The normalized spacial score (nSPS) is 15.2. The van der Waals surface area contributed by atoms with Gasteiger partial charge in [-0.1, -0.05) is 66.2 Å². The molecule has 1 aliphatic heterocycles. The molecule has 7 nitrogen and oxygen atoms in total. The lowest BCUT2D eigenvalue weighted by molar-refractivity contribution is -0.0402. The number of urea groups is 1. The van der Waals surface area contributed by atoms with Crippen LogP contribution in [0.2, 0.25) is 5.02 Å². The maximum atomic E-state index is 10.8. The van der Waals surface area contributed by atoms with E-state index in [9.17, 15) is 10.0 Å². The number of carbonyl (C=O) groups is 1. The van der Waals surface area contributed by atoms with Gasteiger partial charge in [-0.2, -0.15) is 0 Å². The molecule has 4 rings (SSSR count). The van der Waals surface area contributed by atoms with E-state index in [2.05, 4.69) is 64.4 Å². The number of nitrogens with zero attached hydrogens (tertiary/aromatic N) is 3. The van der Waals surface area contributed by atoms with Crippen LogP contribution in [0.1, 0.15) is 35.6 Å². The summed E-state index contributed by atoms with van der Waals surface area (Å²) in [6.07, 6.45) is 2.42. The van der Waals surface area contributed by atoms with Gasteiger partial charge in [0.25, 0.3) is 0 Å². The van der Waals surface area contributed by atoms with E-state index in [1.807, 2.05) is 24.3 Å². The quantitative estimate of drug-likeness (QED) is 0.188. The number of hydroxylamine groups is 2. The second-order valence-electron chi connectivity index (χ2n) is 9.65. The number of ether oxygens (including phenoxy) is 1. The van der Waals surface area contributed by atoms with E-state index in [0.29, 0.717) is 18.1 Å². The Labute approximate surface area is 230 Å². The summed E-state index contributed by atoms with van der Waals surface area (Å²) >= 11 is 6.16. The standard InChI is InChI=1S/C30H37ClN4O3/c31-27-13-11-26(12-14-27)29(25-7-2-1-3-8-25)34-20-18-33(19-21-34)22-23-38-28-15-9-24(10-16-28)6-4-5-17-35(37)30(32)36/h1-3,7-16,29,37H,4-6,17-23H2,(H2,32,36). The fourth-order valence-corrected chi connectivity index (χ4v) is 5.01. The third-order valence-electron chi connectivity index (χ3n) is 7.01. The van der Waals surface area contributed by atoms with Gasteiger partial charge >= 0.3 is 6.03 Å². The Morgan fingerprint density at radius 2 is 1.58 bits per heavy atom. The zero-order valence-corrected chi connectivity index (χ0v) is 22.5. The summed E-state index contributed by atoms with van der Waals surface area (Å²) in [7, 11) is 0. The summed E-state index contributed by atoms with van der Waals surface area (Å²) in [5, 5.41) is 10.6. The van der Waals surface area contributed by atoms with Gasteiger partial charge in [-0.25, -0.2) is 9.86 Å². The highest BCUT2D eigenvalue weighted by Crippen LogP contribution is 2.30. The van der Waals surface area contributed by atoms with Gasteiger partial charge in [0.2, 0.25) is 0 Å². The lowest BCUT2D eigenvalue weighted by atomic mass is 9.96. The first-order valence-electron chi connectivity index (χ1n) is 13.2. The number of primary amides is 1. The number of benzene rings is 3. The van der Waals surface area contributed by atoms with Crippen LogP contribution in [-0.4, -0.2) is 72.0 Å². The van der Waals surface area contributed by atoms with Crippen LogP contribution in [0.25, 0.3) is 0 Å². The Balaban J connectivity index is 1.20. The monoisotopic (exact) mass is 536 g/mol. The first kappa shape index (κ1) is 27.9. The molecule has 1 atom stereocenters. The molecule has 1 unspecified atom stereocenters. The van der Waals surface area contributed by atoms with Crippen LogP contribution in [0.5, 0.6) is 5.75 Å². The fraction of sp³-hybridized carbons (Fsp3) is 0.367. The summed E-state index contributed by atoms with van der Waals surface area (Å²) in [5.41, 5.74) is 8.78. The minimum atomic E-state index is -0.817. The van der Waals surface area contributed by atoms with Gasteiger partial charge < -0.3 is 10.5 Å². The maximum Gasteiger partial charge on any atom is 0.338 e. The van der Waals surface area contributed by atoms with Gasteiger partial charge in [0, 0.05) is 37.7 Å². The molecule has 38 heavy (non-hydrogen) atoms. The van der Waals surface area contributed by atoms with Gasteiger partial charge in [0.1, 0.15) is 12.4 Å². The molecule has 0 spiro atoms. The number of aryl methyl sites for hydroxylation is 1. The van der Waals surface area contributed by atoms with Crippen molar-refractivity contribution < 1.29 is 14.7 Å². The van der Waals surface area contributed by atoms with E-state index < -0.39 is 6.03 Å². The predicted molar refractivity (Wildman–Crippen MR) is 151 cm³/mol. The largest absolute Gasteiger partial charge is 0.492 e. The van der Waals surface area contributed by atoms with E-state index in [0.717, 1.165) is 56.3 Å². The molecule has 1 aliphatic rings. The zero-order chi connectivity index (χ0) is 26.7. The summed E-state index contributed by atoms with van der Waals surface area (Å²) in [6, 6.07) is 26.5. The van der Waals surface area contributed by atoms with Gasteiger partial charge in [0.05, 0.1) is 12.6 Å². The number of hydrogen-bond acceptors (Lipinski definition) is 5. The first-order chi connectivity index (χ1) is 18.5. The van der Waals surface area contributed by atoms with Crippen LogP contribution in [0.4, 0.5) is 4.79 Å². The van der Waals surface area contributed by atoms with E-state index in [1.165, 1.54) is 16.7 Å². The van der Waals surface area contributed by atoms with Crippen molar-refractivity contribution in [3.63, 3.8) is 0 Å². The van der Waals surface area contributed by atoms with Crippen molar-refractivity contribution in [1.29, 1.82) is 0 Å². The lowest BCUT2D eigenvalue weighted by Crippen LogP contribution is -2.48. The Kier molecular flexibility index (Phi) is 10.4. The smallest absolute Gasteiger partial charge is 0.338 e. The number of unbranched alkanes of at least 4 members (excludes halogenated alkanes) is 1. The zero-order valence-electron chi connectivity index (χ0n) is 21.7. The van der Waals surface area contributed by atoms with Crippen LogP contribution in [-0.2, 0) is 6.42 Å². The van der Waals surface area contributed by atoms with Crippen molar-refractivity contribution in [2.75, 3.05) is 45.9 Å². The molecule has 0 radical (unpaired) electrons. The van der Waals surface area contributed by atoms with Crippen molar-refractivity contribution >= 4 is 17.6 Å². The number of piperazine rings is 1. The molecule has 1 fully saturated rings. The number of nitrogens with two attached hydrogens (primary N) is 1. The van der Waals surface area contributed by atoms with Crippen LogP contribution < -0.4 is 10.5 Å². The van der Waals surface area contributed by atoms with Crippen LogP contribution in [0, 0.1) is 0 Å². The number of amides is 2. The van der Waals surface area contributed by atoms with E-state index in [1.54, 1.807) is 0 Å². The fourth-order valence-electron chi connectivity index (χ4n) is 4.89. The molecular formula is C30H37ClN4O3. The molecule has 3 aromatic rings. The molecule has 3 aromatic carbocycles. The average Bonchev–Trinajstić information content (AvgIpc) is 2.94. The van der Waals surface area contributed by atoms with Crippen molar-refractivity contribution in [1.82, 2.24) is 14.9 Å². The van der Waals surface area contributed by atoms with E-state index in [-0.39, 0.29) is 12.6 Å². The topological polar surface area (TPSA) is 82.3 Å². The molecule has 8 heteroatoms. The Bertz CT molecular complexity index is 1120. The molecule has 1 heterocycles. The number of carbonyl (C=O) groups excluding carboxylic acids is 1. The predicted octanol–water partition coefficient (Wildman–Crippen LogP) is 5.22. The van der Waals surface area contributed by atoms with E-state index in [4.69, 9.17) is 22.1 Å². The highest BCUT2D eigenvalue weighted by molar-refractivity contribution is 6.30. The maximum absolute atomic E-state index is 10.8. The van der Waals surface area contributed by atoms with Crippen LogP contribution in [0.15, 0.2) is 78.9 Å². The molecule has 202 valence electrons. The molecule has 0 aliphatic carbocycles. The van der Waals surface area contributed by atoms with Gasteiger partial charge in [0.15, 0.2) is 0 Å². The molecular weight excluding hydrogens is 500 g/mol.